The Labute approximate surface area is 275 Å². The quantitative estimate of drug-likeness (QED) is 0.153. The van der Waals surface area contributed by atoms with Gasteiger partial charge in [-0.1, -0.05) is 23.5 Å². The van der Waals surface area contributed by atoms with E-state index in [1.54, 1.807) is 71.6 Å². The van der Waals surface area contributed by atoms with Gasteiger partial charge >= 0.3 is 5.97 Å². The Bertz CT molecular complexity index is 1960. The van der Waals surface area contributed by atoms with Crippen LogP contribution in [-0.2, 0) is 9.53 Å². The Hall–Kier alpha value is -5.23. The summed E-state index contributed by atoms with van der Waals surface area (Å²) < 4.78 is 40.7. The van der Waals surface area contributed by atoms with Crippen LogP contribution in [0.2, 0.25) is 0 Å². The van der Waals surface area contributed by atoms with Gasteiger partial charge in [-0.25, -0.2) is 9.79 Å². The van der Waals surface area contributed by atoms with E-state index in [2.05, 4.69) is 4.99 Å². The zero-order valence-electron chi connectivity index (χ0n) is 27.0. The van der Waals surface area contributed by atoms with E-state index in [-0.39, 0.29) is 17.7 Å². The summed E-state index contributed by atoms with van der Waals surface area (Å²) in [6, 6.07) is 17.2. The van der Waals surface area contributed by atoms with Gasteiger partial charge in [0, 0.05) is 0 Å². The molecule has 3 aromatic carbocycles. The topological polar surface area (TPSA) is 116 Å². The van der Waals surface area contributed by atoms with E-state index in [0.29, 0.717) is 62.6 Å². The van der Waals surface area contributed by atoms with Crippen LogP contribution in [0, 0.1) is 0 Å². The summed E-state index contributed by atoms with van der Waals surface area (Å²) in [4.78, 5) is 32.4. The molecule has 0 amide bonds. The first kappa shape index (κ1) is 33.1. The van der Waals surface area contributed by atoms with Gasteiger partial charge in [-0.3, -0.25) is 9.36 Å². The van der Waals surface area contributed by atoms with Crippen molar-refractivity contribution in [2.45, 2.75) is 19.9 Å². The number of carbonyl (C=O) groups excluding carboxylic acids is 1. The highest BCUT2D eigenvalue weighted by atomic mass is 32.1. The number of methoxy groups -OCH3 is 4. The molecule has 11 nitrogen and oxygen atoms in total. The van der Waals surface area contributed by atoms with E-state index in [9.17, 15) is 9.59 Å². The third kappa shape index (κ3) is 7.12. The molecular weight excluding hydrogens is 624 g/mol. The van der Waals surface area contributed by atoms with Crippen LogP contribution in [0.5, 0.6) is 34.5 Å². The second-order valence-corrected chi connectivity index (χ2v) is 11.2. The second kappa shape index (κ2) is 14.9. The van der Waals surface area contributed by atoms with E-state index >= 15 is 0 Å². The fourth-order valence-electron chi connectivity index (χ4n) is 5.16. The molecule has 2 heterocycles. The average Bonchev–Trinajstić information content (AvgIpc) is 3.39. The molecule has 4 aromatic rings. The number of hydrogen-bond donors (Lipinski definition) is 0. The van der Waals surface area contributed by atoms with Crippen molar-refractivity contribution in [1.82, 2.24) is 4.57 Å². The highest BCUT2D eigenvalue weighted by Gasteiger charge is 2.34. The summed E-state index contributed by atoms with van der Waals surface area (Å²) in [6.07, 6.45) is 1.76. The number of esters is 1. The van der Waals surface area contributed by atoms with E-state index in [1.165, 1.54) is 23.0 Å². The van der Waals surface area contributed by atoms with Gasteiger partial charge < -0.3 is 33.2 Å². The number of aromatic nitrogens is 1. The molecule has 0 saturated heterocycles. The molecule has 246 valence electrons. The molecule has 0 spiro atoms. The van der Waals surface area contributed by atoms with Crippen molar-refractivity contribution in [3.05, 3.63) is 103 Å². The minimum atomic E-state index is -0.794. The smallest absolute Gasteiger partial charge is 0.338 e. The molecule has 1 aliphatic rings. The molecule has 0 N–H and O–H groups in total. The summed E-state index contributed by atoms with van der Waals surface area (Å²) in [7, 11) is 6.24. The van der Waals surface area contributed by atoms with Crippen molar-refractivity contribution < 1.29 is 38.0 Å². The van der Waals surface area contributed by atoms with Crippen molar-refractivity contribution in [3.8, 4) is 34.5 Å². The normalized spacial score (nSPS) is 14.2. The Morgan fingerprint density at radius 1 is 0.830 bits per heavy atom. The van der Waals surface area contributed by atoms with Crippen LogP contribution < -0.4 is 43.3 Å². The van der Waals surface area contributed by atoms with Crippen molar-refractivity contribution >= 4 is 23.4 Å². The van der Waals surface area contributed by atoms with Gasteiger partial charge in [0.1, 0.15) is 24.7 Å². The Morgan fingerprint density at radius 2 is 1.49 bits per heavy atom. The minimum absolute atomic E-state index is 0.177. The molecular formula is C35H36N2O9S. The molecule has 0 aliphatic carbocycles. The number of hydrogen-bond acceptors (Lipinski definition) is 11. The van der Waals surface area contributed by atoms with Crippen molar-refractivity contribution in [3.63, 3.8) is 0 Å². The summed E-state index contributed by atoms with van der Waals surface area (Å²) >= 11 is 1.23. The van der Waals surface area contributed by atoms with Crippen LogP contribution in [0.3, 0.4) is 0 Å². The molecule has 1 atom stereocenters. The van der Waals surface area contributed by atoms with Crippen LogP contribution in [0.25, 0.3) is 6.08 Å². The molecule has 47 heavy (non-hydrogen) atoms. The molecule has 12 heteroatoms. The van der Waals surface area contributed by atoms with Crippen molar-refractivity contribution in [2.75, 3.05) is 48.3 Å². The van der Waals surface area contributed by atoms with E-state index < -0.39 is 12.0 Å². The van der Waals surface area contributed by atoms with Crippen LogP contribution in [0.4, 0.5) is 0 Å². The third-order valence-electron chi connectivity index (χ3n) is 7.39. The summed E-state index contributed by atoms with van der Waals surface area (Å²) in [5.74, 6) is 2.93. The van der Waals surface area contributed by atoms with Gasteiger partial charge in [0.2, 0.25) is 0 Å². The lowest BCUT2D eigenvalue weighted by atomic mass is 9.95. The lowest BCUT2D eigenvalue weighted by Gasteiger charge is -2.25. The van der Waals surface area contributed by atoms with Gasteiger partial charge in [0.05, 0.1) is 56.9 Å². The maximum atomic E-state index is 14.0. The van der Waals surface area contributed by atoms with Crippen LogP contribution in [0.1, 0.15) is 31.0 Å². The predicted molar refractivity (Wildman–Crippen MR) is 177 cm³/mol. The number of rotatable bonds is 13. The van der Waals surface area contributed by atoms with Gasteiger partial charge in [-0.2, -0.15) is 0 Å². The zero-order chi connectivity index (χ0) is 33.5. The van der Waals surface area contributed by atoms with Gasteiger partial charge in [-0.15, -0.1) is 0 Å². The van der Waals surface area contributed by atoms with Crippen LogP contribution in [-0.4, -0.2) is 58.8 Å². The van der Waals surface area contributed by atoms with Crippen molar-refractivity contribution in [2.24, 2.45) is 4.99 Å². The SMILES string of the molecule is CCOC(=O)C1=C(C)N=c2s/c(=C\c3ccc(OCCOc4ccc(OC)cc4)c(OC)c3)c(=O)n2C1c1ccc(OC)c(OC)c1. The number of carbonyl (C=O) groups is 1. The van der Waals surface area contributed by atoms with Gasteiger partial charge in [-0.05, 0) is 79.6 Å². The van der Waals surface area contributed by atoms with E-state index in [0.717, 1.165) is 11.3 Å². The first-order chi connectivity index (χ1) is 22.8. The molecule has 0 fully saturated rings. The molecule has 0 radical (unpaired) electrons. The molecule has 1 unspecified atom stereocenters. The molecule has 5 rings (SSSR count). The van der Waals surface area contributed by atoms with Gasteiger partial charge in [0.25, 0.3) is 5.56 Å². The zero-order valence-corrected chi connectivity index (χ0v) is 27.8. The first-order valence-corrected chi connectivity index (χ1v) is 15.6. The number of thiazole rings is 1. The van der Waals surface area contributed by atoms with Crippen LogP contribution >= 0.6 is 11.3 Å². The Balaban J connectivity index is 1.45. The number of nitrogens with zero attached hydrogens (tertiary/aromatic N) is 2. The van der Waals surface area contributed by atoms with Gasteiger partial charge in [0.15, 0.2) is 27.8 Å². The lowest BCUT2D eigenvalue weighted by Crippen LogP contribution is -2.39. The second-order valence-electron chi connectivity index (χ2n) is 10.2. The Morgan fingerprint density at radius 3 is 2.17 bits per heavy atom. The van der Waals surface area contributed by atoms with E-state index in [4.69, 9.17) is 33.2 Å². The lowest BCUT2D eigenvalue weighted by molar-refractivity contribution is -0.139. The summed E-state index contributed by atoms with van der Waals surface area (Å²) in [5, 5.41) is 0. The molecule has 0 saturated carbocycles. The average molecular weight is 661 g/mol. The highest BCUT2D eigenvalue weighted by Crippen LogP contribution is 2.36. The van der Waals surface area contributed by atoms with Crippen molar-refractivity contribution in [1.29, 1.82) is 0 Å². The number of benzene rings is 3. The molecule has 1 aliphatic heterocycles. The summed E-state index contributed by atoms with van der Waals surface area (Å²) in [6.45, 7) is 4.26. The fraction of sp³-hybridized carbons (Fsp3) is 0.286. The Kier molecular flexibility index (Phi) is 10.5. The first-order valence-electron chi connectivity index (χ1n) is 14.8. The number of fused-ring (bicyclic) bond motifs is 1. The number of ether oxygens (including phenoxy) is 7. The third-order valence-corrected chi connectivity index (χ3v) is 8.38. The molecule has 0 bridgehead atoms. The minimum Gasteiger partial charge on any atom is -0.497 e. The predicted octanol–water partition coefficient (Wildman–Crippen LogP) is 4.29. The highest BCUT2D eigenvalue weighted by molar-refractivity contribution is 7.07. The number of allylic oxidation sites excluding steroid dienone is 1. The molecule has 1 aromatic heterocycles. The summed E-state index contributed by atoms with van der Waals surface area (Å²) in [5.41, 5.74) is 1.80. The largest absolute Gasteiger partial charge is 0.497 e. The van der Waals surface area contributed by atoms with Crippen LogP contribution in [0.15, 0.2) is 81.7 Å². The standard InChI is InChI=1S/C35H36N2O9S/c1-7-44-34(39)31-21(2)36-35-37(32(31)23-9-15-26(41-4)29(20-23)43-6)33(38)30(47-35)19-22-8-14-27(28(18-22)42-5)46-17-16-45-25-12-10-24(40-3)11-13-25/h8-15,18-20,32H,7,16-17H2,1-6H3/b30-19-. The fourth-order valence-corrected chi connectivity index (χ4v) is 6.20. The maximum absolute atomic E-state index is 14.0. The maximum Gasteiger partial charge on any atom is 0.338 e. The monoisotopic (exact) mass is 660 g/mol. The van der Waals surface area contributed by atoms with E-state index in [1.807, 2.05) is 30.3 Å².